The lowest BCUT2D eigenvalue weighted by Crippen LogP contribution is -2.25. The molecule has 1 heterocycles. The van der Waals surface area contributed by atoms with Crippen LogP contribution in [-0.2, 0) is 9.47 Å². The maximum absolute atomic E-state index is 10.4. The topological polar surface area (TPSA) is 89.0 Å². The van der Waals surface area contributed by atoms with Crippen LogP contribution < -0.4 is 4.90 Å². The number of ether oxygens (including phenoxy) is 2. The van der Waals surface area contributed by atoms with Crippen molar-refractivity contribution in [2.24, 2.45) is 0 Å². The fraction of sp³-hybridized carbons (Fsp3) is 0.462. The second-order valence-electron chi connectivity index (χ2n) is 4.93. The number of pyridine rings is 1. The van der Waals surface area contributed by atoms with Crippen LogP contribution >= 0.6 is 0 Å². The molecule has 1 rings (SSSR count). The normalized spacial score (nSPS) is 9.85. The molecular formula is C13H20N2O5. The Kier molecular flexibility index (Phi) is 7.06. The van der Waals surface area contributed by atoms with Gasteiger partial charge in [0.2, 0.25) is 0 Å². The molecule has 0 unspecified atom stereocenters. The first-order valence-corrected chi connectivity index (χ1v) is 5.83. The van der Waals surface area contributed by atoms with E-state index in [2.05, 4.69) is 14.5 Å². The van der Waals surface area contributed by atoms with Crippen LogP contribution in [0.4, 0.5) is 15.3 Å². The first-order valence-electron chi connectivity index (χ1n) is 5.83. The van der Waals surface area contributed by atoms with Crippen molar-refractivity contribution < 1.29 is 24.2 Å². The molecular weight excluding hydrogens is 264 g/mol. The molecule has 0 fully saturated rings. The Balaban J connectivity index is 0.000000367. The monoisotopic (exact) mass is 284 g/mol. The van der Waals surface area contributed by atoms with Gasteiger partial charge in [-0.2, -0.15) is 0 Å². The molecule has 0 amide bonds. The summed E-state index contributed by atoms with van der Waals surface area (Å²) in [6, 6.07) is 3.94. The summed E-state index contributed by atoms with van der Waals surface area (Å²) in [5.41, 5.74) is 0.456. The first-order chi connectivity index (χ1) is 9.11. The van der Waals surface area contributed by atoms with Crippen LogP contribution in [0.25, 0.3) is 0 Å². The number of carbonyl (C=O) groups is 2. The van der Waals surface area contributed by atoms with Crippen molar-refractivity contribution in [1.82, 2.24) is 4.98 Å². The molecule has 0 aromatic carbocycles. The summed E-state index contributed by atoms with van der Waals surface area (Å²) in [5.74, 6) is 0. The Labute approximate surface area is 118 Å². The molecule has 0 aliphatic heterocycles. The molecule has 112 valence electrons. The molecule has 0 bridgehead atoms. The van der Waals surface area contributed by atoms with E-state index in [4.69, 9.17) is 5.11 Å². The number of hydrogen-bond acceptors (Lipinski definition) is 6. The highest BCUT2D eigenvalue weighted by molar-refractivity contribution is 5.75. The van der Waals surface area contributed by atoms with Crippen molar-refractivity contribution in [3.05, 3.63) is 24.5 Å². The predicted octanol–water partition coefficient (Wildman–Crippen LogP) is 2.76. The molecule has 1 aromatic heterocycles. The minimum absolute atomic E-state index is 0.730. The number of rotatable bonds is 1. The van der Waals surface area contributed by atoms with E-state index in [1.165, 1.54) is 5.69 Å². The minimum atomic E-state index is -1.67. The SMILES string of the molecule is CC(C)(C)OC(=O)OC(=O)O.CN(C)c1ccncc1. The second-order valence-corrected chi connectivity index (χ2v) is 4.93. The van der Waals surface area contributed by atoms with Crippen LogP contribution in [0.3, 0.4) is 0 Å². The molecule has 1 N–H and O–H groups in total. The van der Waals surface area contributed by atoms with Gasteiger partial charge >= 0.3 is 12.3 Å². The molecule has 0 spiro atoms. The third-order valence-corrected chi connectivity index (χ3v) is 1.74. The van der Waals surface area contributed by atoms with Crippen molar-refractivity contribution >= 4 is 18.0 Å². The minimum Gasteiger partial charge on any atom is -0.449 e. The van der Waals surface area contributed by atoms with E-state index in [0.717, 1.165) is 0 Å². The van der Waals surface area contributed by atoms with Gasteiger partial charge in [-0.05, 0) is 32.9 Å². The third-order valence-electron chi connectivity index (χ3n) is 1.74. The lowest BCUT2D eigenvalue weighted by molar-refractivity contribution is -0.000104. The van der Waals surface area contributed by atoms with Crippen LogP contribution in [-0.4, -0.2) is 42.1 Å². The molecule has 7 heteroatoms. The predicted molar refractivity (Wildman–Crippen MR) is 73.9 cm³/mol. The van der Waals surface area contributed by atoms with Gasteiger partial charge < -0.3 is 19.5 Å². The number of carbonyl (C=O) groups excluding carboxylic acids is 1. The van der Waals surface area contributed by atoms with Crippen molar-refractivity contribution in [1.29, 1.82) is 0 Å². The Hall–Kier alpha value is -2.31. The molecule has 0 aliphatic carbocycles. The van der Waals surface area contributed by atoms with E-state index < -0.39 is 17.9 Å². The highest BCUT2D eigenvalue weighted by Crippen LogP contribution is 2.07. The van der Waals surface area contributed by atoms with Crippen LogP contribution in [0.1, 0.15) is 20.8 Å². The van der Waals surface area contributed by atoms with Gasteiger partial charge in [-0.15, -0.1) is 0 Å². The third kappa shape index (κ3) is 9.69. The first kappa shape index (κ1) is 17.7. The van der Waals surface area contributed by atoms with Gasteiger partial charge in [0.15, 0.2) is 0 Å². The van der Waals surface area contributed by atoms with E-state index in [1.807, 2.05) is 31.1 Å². The van der Waals surface area contributed by atoms with Crippen LogP contribution in [0.2, 0.25) is 0 Å². The zero-order valence-corrected chi connectivity index (χ0v) is 12.3. The van der Waals surface area contributed by atoms with E-state index >= 15 is 0 Å². The summed E-state index contributed by atoms with van der Waals surface area (Å²) >= 11 is 0. The maximum atomic E-state index is 10.4. The van der Waals surface area contributed by atoms with Crippen molar-refractivity contribution in [2.45, 2.75) is 26.4 Å². The van der Waals surface area contributed by atoms with Gasteiger partial charge in [-0.25, -0.2) is 9.59 Å². The van der Waals surface area contributed by atoms with Crippen molar-refractivity contribution in [3.63, 3.8) is 0 Å². The van der Waals surface area contributed by atoms with Crippen LogP contribution in [0, 0.1) is 0 Å². The Morgan fingerprint density at radius 1 is 1.20 bits per heavy atom. The zero-order valence-electron chi connectivity index (χ0n) is 12.3. The number of hydrogen-bond donors (Lipinski definition) is 1. The molecule has 0 radical (unpaired) electrons. The van der Waals surface area contributed by atoms with Crippen LogP contribution in [0.15, 0.2) is 24.5 Å². The smallest absolute Gasteiger partial charge is 0.449 e. The lowest BCUT2D eigenvalue weighted by atomic mass is 10.2. The van der Waals surface area contributed by atoms with E-state index in [9.17, 15) is 9.59 Å². The number of aromatic nitrogens is 1. The van der Waals surface area contributed by atoms with Crippen molar-refractivity contribution in [2.75, 3.05) is 19.0 Å². The average Bonchev–Trinajstić information content (AvgIpc) is 2.27. The summed E-state index contributed by atoms with van der Waals surface area (Å²) < 4.78 is 8.19. The fourth-order valence-corrected chi connectivity index (χ4v) is 0.984. The summed E-state index contributed by atoms with van der Waals surface area (Å²) in [5, 5.41) is 7.96. The molecule has 20 heavy (non-hydrogen) atoms. The number of anilines is 1. The number of nitrogens with zero attached hydrogens (tertiary/aromatic N) is 2. The second kappa shape index (κ2) is 7.98. The summed E-state index contributed by atoms with van der Waals surface area (Å²) in [4.78, 5) is 26.2. The van der Waals surface area contributed by atoms with Gasteiger partial charge in [0.1, 0.15) is 5.60 Å². The highest BCUT2D eigenvalue weighted by atomic mass is 16.8. The maximum Gasteiger partial charge on any atom is 0.519 e. The van der Waals surface area contributed by atoms with Gasteiger partial charge in [0.05, 0.1) is 0 Å². The molecule has 7 nitrogen and oxygen atoms in total. The van der Waals surface area contributed by atoms with E-state index in [1.54, 1.807) is 33.2 Å². The Bertz CT molecular complexity index is 426. The standard InChI is InChI=1S/C7H10N2.C6H10O5/c1-9(2)7-3-5-8-6-4-7;1-6(2,3)11-5(9)10-4(7)8/h3-6H,1-2H3;1-3H3,(H,7,8). The molecule has 1 aromatic rings. The molecule has 0 saturated heterocycles. The molecule has 0 saturated carbocycles. The number of carboxylic acid groups (broad SMARTS) is 1. The van der Waals surface area contributed by atoms with Gasteiger partial charge in [0.25, 0.3) is 0 Å². The Morgan fingerprint density at radius 2 is 1.70 bits per heavy atom. The van der Waals surface area contributed by atoms with Crippen molar-refractivity contribution in [3.8, 4) is 0 Å². The Morgan fingerprint density at radius 3 is 2.00 bits per heavy atom. The summed E-state index contributed by atoms with van der Waals surface area (Å²) in [7, 11) is 4.02. The van der Waals surface area contributed by atoms with E-state index in [0.29, 0.717) is 0 Å². The fourth-order valence-electron chi connectivity index (χ4n) is 0.984. The largest absolute Gasteiger partial charge is 0.519 e. The molecule has 0 atom stereocenters. The van der Waals surface area contributed by atoms with E-state index in [-0.39, 0.29) is 0 Å². The van der Waals surface area contributed by atoms with Crippen LogP contribution in [0.5, 0.6) is 0 Å². The van der Waals surface area contributed by atoms with Gasteiger partial charge in [0, 0.05) is 32.2 Å². The highest BCUT2D eigenvalue weighted by Gasteiger charge is 2.19. The summed E-state index contributed by atoms with van der Waals surface area (Å²) in [6.45, 7) is 4.82. The molecule has 0 aliphatic rings. The zero-order chi connectivity index (χ0) is 15.8. The summed E-state index contributed by atoms with van der Waals surface area (Å²) in [6.07, 6.45) is 0.703. The average molecular weight is 284 g/mol. The quantitative estimate of drug-likeness (QED) is 0.626. The lowest BCUT2D eigenvalue weighted by Gasteiger charge is -2.17. The van der Waals surface area contributed by atoms with Gasteiger partial charge in [-0.3, -0.25) is 4.98 Å². The van der Waals surface area contributed by atoms with Gasteiger partial charge in [-0.1, -0.05) is 0 Å².